The first-order chi connectivity index (χ1) is 46.1. The van der Waals surface area contributed by atoms with Crippen LogP contribution in [0.25, 0.3) is 0 Å². The molecule has 40 heteroatoms. The second-order valence-corrected chi connectivity index (χ2v) is 24.0. The second kappa shape index (κ2) is 46.7. The van der Waals surface area contributed by atoms with Gasteiger partial charge in [0, 0.05) is 39.1 Å². The number of carbonyl (C=O) groups excluding carboxylic acids is 10. The van der Waals surface area contributed by atoms with Gasteiger partial charge in [-0.05, 0) is 142 Å². The molecule has 556 valence electrons. The highest BCUT2D eigenvalue weighted by molar-refractivity contribution is 5.99. The number of aliphatic hydroxyl groups excluding tert-OH is 1. The van der Waals surface area contributed by atoms with E-state index in [0.29, 0.717) is 25.7 Å². The van der Waals surface area contributed by atoms with Crippen molar-refractivity contribution < 1.29 is 72.9 Å². The summed E-state index contributed by atoms with van der Waals surface area (Å²) in [7, 11) is 0. The van der Waals surface area contributed by atoms with Gasteiger partial charge < -0.3 is 131 Å². The van der Waals surface area contributed by atoms with E-state index in [4.69, 9.17) is 63.1 Å². The molecule has 1 aliphatic rings. The Labute approximate surface area is 569 Å². The SMILES string of the molecule is CC(C)[C@H](NC(=O)[C@H](CCCN=C(N)N)NC(=O)[C@H](CCCCN)NC(=O)[C@H](CCCCN)NC(=O)[C@H](CCCN=C(N)N)NC(=O)[C@H](CCCN=C(N)N)NC(=O)[C@H](C)NC(=O)[C@H](CCC(=O)O)NC(=O)[C@H](CCCN=C(N)N)NC(=O)[C@@H]1CCCN1C(=O)[C@@H](N)[C@@H](C)O)C(=O)O. The molecule has 1 saturated heterocycles. The fraction of sp³-hybridized carbons (Fsp3) is 0.724. The number of nitrogens with one attached hydrogen (secondary N) is 9. The van der Waals surface area contributed by atoms with Gasteiger partial charge >= 0.3 is 11.9 Å². The number of rotatable bonds is 49. The van der Waals surface area contributed by atoms with Crippen molar-refractivity contribution in [1.82, 2.24) is 52.8 Å². The molecule has 10 amide bonds. The molecule has 0 saturated carbocycles. The van der Waals surface area contributed by atoms with Gasteiger partial charge in [-0.3, -0.25) is 72.7 Å². The van der Waals surface area contributed by atoms with Crippen LogP contribution in [0, 0.1) is 5.92 Å². The molecular weight excluding hydrogens is 1290 g/mol. The van der Waals surface area contributed by atoms with Crippen LogP contribution in [0.15, 0.2) is 20.0 Å². The van der Waals surface area contributed by atoms with E-state index in [0.717, 1.165) is 0 Å². The molecular formula is C58H109N25O15. The molecule has 0 aromatic heterocycles. The van der Waals surface area contributed by atoms with Gasteiger partial charge in [-0.25, -0.2) is 4.79 Å². The van der Waals surface area contributed by atoms with Crippen LogP contribution >= 0.6 is 0 Å². The minimum Gasteiger partial charge on any atom is -0.481 e. The molecule has 1 fully saturated rings. The molecule has 1 aliphatic heterocycles. The van der Waals surface area contributed by atoms with Crippen LogP contribution in [-0.2, 0) is 57.5 Å². The van der Waals surface area contributed by atoms with Crippen LogP contribution < -0.4 is 111 Å². The van der Waals surface area contributed by atoms with Crippen LogP contribution in [0.4, 0.5) is 0 Å². The van der Waals surface area contributed by atoms with Crippen LogP contribution in [0.5, 0.6) is 0 Å². The molecule has 0 spiro atoms. The quantitative estimate of drug-likeness (QED) is 0.0153. The summed E-state index contributed by atoms with van der Waals surface area (Å²) in [4.78, 5) is 182. The molecule has 98 heavy (non-hydrogen) atoms. The first-order valence-electron chi connectivity index (χ1n) is 32.7. The lowest BCUT2D eigenvalue weighted by atomic mass is 10.0. The smallest absolute Gasteiger partial charge is 0.326 e. The standard InChI is InChI=1S/C58H109N25O15/c1-30(2)43(54(97)98)82-51(94)38(19-12-28-73-58(68)69)79-47(90)34(15-6-8-24-60)76-46(89)33(14-5-7-23-59)77-49(92)36(17-10-26-71-56(64)65)78-48(91)35(16-9-25-70-55(62)63)75-44(87)31(3)74-45(88)39(21-22-41(85)86)80-50(93)37(18-11-27-72-57(66)67)81-52(95)40-20-13-29-83(40)53(96)42(61)32(4)84/h30-40,42-43,84H,5-29,59-61H2,1-4H3,(H,74,88)(H,75,87)(H,76,89)(H,77,92)(H,78,91)(H,79,90)(H,80,93)(H,81,95)(H,82,94)(H,85,86)(H,97,98)(H4,62,63,70)(H4,64,65,71)(H4,66,67,72)(H4,68,69,73)/t31-,32+,33-,34-,35-,36-,37-,38-,39-,40-,42-,43-/m0/s1. The fourth-order valence-electron chi connectivity index (χ4n) is 9.92. The maximum atomic E-state index is 14.6. The van der Waals surface area contributed by atoms with Crippen molar-refractivity contribution >= 4 is 94.8 Å². The van der Waals surface area contributed by atoms with E-state index >= 15 is 0 Å². The Morgan fingerprint density at radius 2 is 0.755 bits per heavy atom. The highest BCUT2D eigenvalue weighted by Gasteiger charge is 2.40. The second-order valence-electron chi connectivity index (χ2n) is 24.0. The van der Waals surface area contributed by atoms with Gasteiger partial charge in [-0.15, -0.1) is 0 Å². The number of amides is 10. The van der Waals surface area contributed by atoms with E-state index < -0.39 is 162 Å². The zero-order valence-electron chi connectivity index (χ0n) is 56.5. The third-order valence-electron chi connectivity index (χ3n) is 15.4. The number of aliphatic hydroxyl groups is 1. The summed E-state index contributed by atoms with van der Waals surface area (Å²) in [6.07, 6.45) is -0.963. The number of nitrogens with zero attached hydrogens (tertiary/aromatic N) is 5. The largest absolute Gasteiger partial charge is 0.481 e. The van der Waals surface area contributed by atoms with Crippen LogP contribution in [0.1, 0.15) is 143 Å². The number of carboxylic acids is 2. The first-order valence-corrected chi connectivity index (χ1v) is 32.7. The number of aliphatic carboxylic acids is 2. The number of carbonyl (C=O) groups is 12. The summed E-state index contributed by atoms with van der Waals surface area (Å²) in [5.41, 5.74) is 61.6. The van der Waals surface area contributed by atoms with Crippen molar-refractivity contribution in [2.45, 2.75) is 216 Å². The maximum Gasteiger partial charge on any atom is 0.326 e. The van der Waals surface area contributed by atoms with Gasteiger partial charge in [0.05, 0.1) is 6.10 Å². The zero-order chi connectivity index (χ0) is 74.2. The van der Waals surface area contributed by atoms with E-state index in [1.54, 1.807) is 13.8 Å². The zero-order valence-corrected chi connectivity index (χ0v) is 56.5. The van der Waals surface area contributed by atoms with Gasteiger partial charge in [0.1, 0.15) is 66.5 Å². The minimum absolute atomic E-state index is 0.0108. The number of carboxylic acid groups (broad SMARTS) is 2. The normalized spacial score (nSPS) is 15.9. The number of hydrogen-bond acceptors (Lipinski definition) is 20. The molecule has 1 rings (SSSR count). The van der Waals surface area contributed by atoms with E-state index in [1.807, 2.05) is 0 Å². The summed E-state index contributed by atoms with van der Waals surface area (Å²) in [6.45, 7) is 6.10. The lowest BCUT2D eigenvalue weighted by Gasteiger charge is -2.29. The third kappa shape index (κ3) is 34.5. The highest BCUT2D eigenvalue weighted by atomic mass is 16.4. The average Bonchev–Trinajstić information content (AvgIpc) is 1.27. The summed E-state index contributed by atoms with van der Waals surface area (Å²) in [6, 6.07) is -15.6. The number of likely N-dealkylation sites (tertiary alicyclic amines) is 1. The molecule has 0 bridgehead atoms. The summed E-state index contributed by atoms with van der Waals surface area (Å²) < 4.78 is 0. The van der Waals surface area contributed by atoms with E-state index in [-0.39, 0.29) is 147 Å². The third-order valence-corrected chi connectivity index (χ3v) is 15.4. The predicted octanol–water partition coefficient (Wildman–Crippen LogP) is -8.85. The molecule has 0 unspecified atom stereocenters. The van der Waals surface area contributed by atoms with Crippen molar-refractivity contribution in [3.05, 3.63) is 0 Å². The number of guanidine groups is 4. The van der Waals surface area contributed by atoms with Gasteiger partial charge in [0.2, 0.25) is 59.1 Å². The Hall–Kier alpha value is -9.44. The molecule has 40 nitrogen and oxygen atoms in total. The van der Waals surface area contributed by atoms with Crippen molar-refractivity contribution in [3.8, 4) is 0 Å². The van der Waals surface area contributed by atoms with Crippen molar-refractivity contribution in [3.63, 3.8) is 0 Å². The Balaban J connectivity index is 3.73. The number of hydrogen-bond donors (Lipinski definition) is 23. The predicted molar refractivity (Wildman–Crippen MR) is 362 cm³/mol. The lowest BCUT2D eigenvalue weighted by Crippen LogP contribution is -2.60. The molecule has 0 radical (unpaired) electrons. The topological polar surface area (TPSA) is 713 Å². The van der Waals surface area contributed by atoms with Crippen molar-refractivity contribution in [2.75, 3.05) is 45.8 Å². The molecule has 34 N–H and O–H groups in total. The van der Waals surface area contributed by atoms with Gasteiger partial charge in [-0.2, -0.15) is 0 Å². The lowest BCUT2D eigenvalue weighted by molar-refractivity contribution is -0.143. The summed E-state index contributed by atoms with van der Waals surface area (Å²) >= 11 is 0. The van der Waals surface area contributed by atoms with Gasteiger partial charge in [0.25, 0.3) is 0 Å². The summed E-state index contributed by atoms with van der Waals surface area (Å²) in [5, 5.41) is 52.5. The van der Waals surface area contributed by atoms with Gasteiger partial charge in [0.15, 0.2) is 23.8 Å². The van der Waals surface area contributed by atoms with Crippen LogP contribution in [-0.4, -0.2) is 233 Å². The number of aliphatic imine (C=N–C) groups is 4. The van der Waals surface area contributed by atoms with Crippen molar-refractivity contribution in [2.24, 2.45) is 89.0 Å². The average molecular weight is 1400 g/mol. The van der Waals surface area contributed by atoms with Crippen LogP contribution in [0.3, 0.4) is 0 Å². The fourth-order valence-corrected chi connectivity index (χ4v) is 9.92. The Bertz CT molecular complexity index is 2740. The molecule has 0 aromatic carbocycles. The molecule has 1 heterocycles. The van der Waals surface area contributed by atoms with E-state index in [9.17, 15) is 72.9 Å². The minimum atomic E-state index is -1.68. The summed E-state index contributed by atoms with van der Waals surface area (Å²) in [5.74, 6) is -13.4. The monoisotopic (exact) mass is 1400 g/mol. The highest BCUT2D eigenvalue weighted by Crippen LogP contribution is 2.20. The molecule has 0 aliphatic carbocycles. The number of nitrogens with two attached hydrogens (primary N) is 11. The van der Waals surface area contributed by atoms with E-state index in [2.05, 4.69) is 67.8 Å². The van der Waals surface area contributed by atoms with Crippen LogP contribution in [0.2, 0.25) is 0 Å². The molecule has 12 atom stereocenters. The Morgan fingerprint density at radius 1 is 0.439 bits per heavy atom. The Morgan fingerprint density at radius 3 is 1.07 bits per heavy atom. The maximum absolute atomic E-state index is 14.6. The number of unbranched alkanes of at least 4 members (excludes halogenated alkanes) is 2. The first kappa shape index (κ1) is 86.6. The van der Waals surface area contributed by atoms with Gasteiger partial charge in [-0.1, -0.05) is 13.8 Å². The van der Waals surface area contributed by atoms with Crippen molar-refractivity contribution in [1.29, 1.82) is 0 Å². The molecule has 0 aromatic rings. The Kier molecular flexibility index (Phi) is 41.2. The van der Waals surface area contributed by atoms with E-state index in [1.165, 1.54) is 18.7 Å².